The van der Waals surface area contributed by atoms with Crippen molar-refractivity contribution in [3.63, 3.8) is 0 Å². The van der Waals surface area contributed by atoms with Crippen molar-refractivity contribution >= 4 is 22.6 Å². The van der Waals surface area contributed by atoms with E-state index >= 15 is 0 Å². The molecular weight excluding hydrogens is 384 g/mol. The van der Waals surface area contributed by atoms with Crippen LogP contribution in [0.25, 0.3) is 10.9 Å². The average molecular weight is 429 g/mol. The van der Waals surface area contributed by atoms with Crippen LogP contribution in [0.5, 0.6) is 0 Å². The lowest BCUT2D eigenvalue weighted by Crippen LogP contribution is -1.93. The van der Waals surface area contributed by atoms with E-state index < -0.39 is 5.97 Å². The number of pyridine rings is 1. The van der Waals surface area contributed by atoms with Crippen LogP contribution in [0.2, 0.25) is 0 Å². The van der Waals surface area contributed by atoms with E-state index in [0.29, 0.717) is 6.42 Å². The van der Waals surface area contributed by atoms with E-state index in [-0.39, 0.29) is 0 Å². The lowest BCUT2D eigenvalue weighted by Gasteiger charge is -2.04. The summed E-state index contributed by atoms with van der Waals surface area (Å²) < 4.78 is 0. The molecule has 1 heterocycles. The lowest BCUT2D eigenvalue weighted by molar-refractivity contribution is -0.137. The van der Waals surface area contributed by atoms with E-state index in [1.165, 1.54) is 70.6 Å². The van der Waals surface area contributed by atoms with Crippen molar-refractivity contribution in [2.24, 2.45) is 5.92 Å². The number of nitrogens with two attached hydrogens (primary N) is 1. The highest BCUT2D eigenvalue weighted by Gasteiger charge is 1.98. The number of carbonyl (C=O) groups is 1. The largest absolute Gasteiger partial charge is 0.481 e. The fraction of sp³-hybridized carbons (Fsp3) is 0.630. The zero-order chi connectivity index (χ0) is 22.7. The quantitative estimate of drug-likeness (QED) is 0.282. The van der Waals surface area contributed by atoms with Crippen LogP contribution in [0.15, 0.2) is 36.5 Å². The van der Waals surface area contributed by atoms with Gasteiger partial charge in [-0.2, -0.15) is 0 Å². The van der Waals surface area contributed by atoms with Crippen LogP contribution in [0.4, 0.5) is 5.69 Å². The Balaban J connectivity index is 0.000000361. The summed E-state index contributed by atoms with van der Waals surface area (Å²) in [7, 11) is 0. The number of para-hydroxylation sites is 1. The maximum Gasteiger partial charge on any atom is 0.303 e. The van der Waals surface area contributed by atoms with Crippen molar-refractivity contribution in [3.05, 3.63) is 36.5 Å². The second-order valence-electron chi connectivity index (χ2n) is 8.99. The van der Waals surface area contributed by atoms with Crippen LogP contribution >= 0.6 is 0 Å². The molecule has 0 aliphatic carbocycles. The van der Waals surface area contributed by atoms with Gasteiger partial charge < -0.3 is 10.8 Å². The molecule has 174 valence electrons. The number of unbranched alkanes of at least 4 members (excludes halogenated alkanes) is 11. The minimum absolute atomic E-state index is 0.344. The van der Waals surface area contributed by atoms with Gasteiger partial charge in [0.25, 0.3) is 0 Å². The third-order valence-electron chi connectivity index (χ3n) is 5.60. The fourth-order valence-corrected chi connectivity index (χ4v) is 3.71. The summed E-state index contributed by atoms with van der Waals surface area (Å²) in [5.41, 5.74) is 7.46. The first-order chi connectivity index (χ1) is 15.0. The minimum Gasteiger partial charge on any atom is -0.481 e. The highest BCUT2D eigenvalue weighted by atomic mass is 16.4. The molecule has 0 bridgehead atoms. The Kier molecular flexibility index (Phi) is 15.3. The Bertz CT molecular complexity index is 710. The van der Waals surface area contributed by atoms with Gasteiger partial charge in [-0.25, -0.2) is 0 Å². The number of nitrogen functional groups attached to an aromatic ring is 1. The summed E-state index contributed by atoms with van der Waals surface area (Å²) in [6, 6.07) is 9.64. The first kappa shape index (κ1) is 26.9. The molecule has 2 aromatic rings. The maximum absolute atomic E-state index is 10.3. The van der Waals surface area contributed by atoms with Gasteiger partial charge in [-0.1, -0.05) is 109 Å². The standard InChI is InChI=1S/C18H36O2.C9H8N2/c1-17(2)15-13-11-9-7-5-3-4-6-8-10-12-14-16-18(19)20;10-8-5-6-11-9-4-2-1-3-7(8)9/h17H,3-16H2,1-2H3,(H,19,20);1-6H,(H2,10,11). The molecule has 0 aliphatic heterocycles. The molecule has 0 saturated carbocycles. The van der Waals surface area contributed by atoms with E-state index in [0.717, 1.165) is 35.3 Å². The molecule has 0 fully saturated rings. The van der Waals surface area contributed by atoms with Crippen molar-refractivity contribution in [3.8, 4) is 0 Å². The number of nitrogens with zero attached hydrogens (tertiary/aromatic N) is 1. The van der Waals surface area contributed by atoms with E-state index in [4.69, 9.17) is 10.8 Å². The molecule has 3 N–H and O–H groups in total. The van der Waals surface area contributed by atoms with Crippen LogP contribution in [-0.2, 0) is 4.79 Å². The van der Waals surface area contributed by atoms with Gasteiger partial charge in [-0.3, -0.25) is 9.78 Å². The van der Waals surface area contributed by atoms with Crippen LogP contribution < -0.4 is 5.73 Å². The molecule has 2 rings (SSSR count). The summed E-state index contributed by atoms with van der Waals surface area (Å²) in [6.07, 6.45) is 19.0. The Morgan fingerprint density at radius 3 is 1.87 bits per heavy atom. The molecule has 4 heteroatoms. The van der Waals surface area contributed by atoms with Gasteiger partial charge in [-0.15, -0.1) is 0 Å². The summed E-state index contributed by atoms with van der Waals surface area (Å²) >= 11 is 0. The predicted molar refractivity (Wildman–Crippen MR) is 133 cm³/mol. The maximum atomic E-state index is 10.3. The summed E-state index contributed by atoms with van der Waals surface area (Å²) in [4.78, 5) is 14.5. The van der Waals surface area contributed by atoms with Crippen LogP contribution in [-0.4, -0.2) is 16.1 Å². The molecule has 1 aromatic carbocycles. The summed E-state index contributed by atoms with van der Waals surface area (Å²) in [5, 5.41) is 9.54. The number of rotatable bonds is 15. The summed E-state index contributed by atoms with van der Waals surface area (Å²) in [5.74, 6) is 0.212. The minimum atomic E-state index is -0.654. The number of hydrogen-bond acceptors (Lipinski definition) is 3. The number of aromatic nitrogens is 1. The van der Waals surface area contributed by atoms with E-state index in [1.54, 1.807) is 6.20 Å². The third-order valence-corrected chi connectivity index (χ3v) is 5.60. The molecular formula is C27H44N2O2. The van der Waals surface area contributed by atoms with Gasteiger partial charge in [0.05, 0.1) is 5.52 Å². The van der Waals surface area contributed by atoms with Gasteiger partial charge in [-0.05, 0) is 24.5 Å². The molecule has 31 heavy (non-hydrogen) atoms. The molecule has 1 aromatic heterocycles. The van der Waals surface area contributed by atoms with E-state index in [9.17, 15) is 4.79 Å². The van der Waals surface area contributed by atoms with Crippen LogP contribution in [0, 0.1) is 5.92 Å². The monoisotopic (exact) mass is 428 g/mol. The third kappa shape index (κ3) is 14.5. The molecule has 4 nitrogen and oxygen atoms in total. The van der Waals surface area contributed by atoms with Gasteiger partial charge in [0.15, 0.2) is 0 Å². The highest BCUT2D eigenvalue weighted by Crippen LogP contribution is 2.17. The first-order valence-electron chi connectivity index (χ1n) is 12.3. The Hall–Kier alpha value is -2.10. The van der Waals surface area contributed by atoms with Gasteiger partial charge >= 0.3 is 5.97 Å². The molecule has 0 atom stereocenters. The predicted octanol–water partition coefficient (Wildman–Crippen LogP) is 8.01. The Labute approximate surface area is 189 Å². The number of benzene rings is 1. The molecule has 0 unspecified atom stereocenters. The van der Waals surface area contributed by atoms with Gasteiger partial charge in [0, 0.05) is 23.7 Å². The fourth-order valence-electron chi connectivity index (χ4n) is 3.71. The number of aliphatic carboxylic acids is 1. The van der Waals surface area contributed by atoms with Gasteiger partial charge in [0.2, 0.25) is 0 Å². The highest BCUT2D eigenvalue weighted by molar-refractivity contribution is 5.89. The smallest absolute Gasteiger partial charge is 0.303 e. The van der Waals surface area contributed by atoms with Crippen molar-refractivity contribution in [2.45, 2.75) is 104 Å². The average Bonchev–Trinajstić information content (AvgIpc) is 2.74. The zero-order valence-corrected chi connectivity index (χ0v) is 19.8. The van der Waals surface area contributed by atoms with E-state index in [1.807, 2.05) is 30.3 Å². The number of hydrogen-bond donors (Lipinski definition) is 2. The Morgan fingerprint density at radius 1 is 0.839 bits per heavy atom. The second-order valence-corrected chi connectivity index (χ2v) is 8.99. The number of carboxylic acids is 1. The summed E-state index contributed by atoms with van der Waals surface area (Å²) in [6.45, 7) is 4.61. The number of anilines is 1. The molecule has 0 aliphatic rings. The molecule has 0 spiro atoms. The number of fused-ring (bicyclic) bond motifs is 1. The van der Waals surface area contributed by atoms with E-state index in [2.05, 4.69) is 18.8 Å². The van der Waals surface area contributed by atoms with Crippen molar-refractivity contribution in [2.75, 3.05) is 5.73 Å². The van der Waals surface area contributed by atoms with Crippen molar-refractivity contribution in [1.82, 2.24) is 4.98 Å². The first-order valence-corrected chi connectivity index (χ1v) is 12.3. The Morgan fingerprint density at radius 2 is 1.35 bits per heavy atom. The van der Waals surface area contributed by atoms with Crippen LogP contribution in [0.3, 0.4) is 0 Å². The van der Waals surface area contributed by atoms with Crippen molar-refractivity contribution < 1.29 is 9.90 Å². The molecule has 0 amide bonds. The topological polar surface area (TPSA) is 76.2 Å². The van der Waals surface area contributed by atoms with Crippen LogP contribution in [0.1, 0.15) is 104 Å². The lowest BCUT2D eigenvalue weighted by atomic mass is 10.0. The molecule has 0 radical (unpaired) electrons. The van der Waals surface area contributed by atoms with Crippen molar-refractivity contribution in [1.29, 1.82) is 0 Å². The normalized spacial score (nSPS) is 10.8. The SMILES string of the molecule is CC(C)CCCCCCCCCCCCCCC(=O)O.Nc1ccnc2ccccc12. The molecule has 0 saturated heterocycles. The number of carboxylic acid groups (broad SMARTS) is 1. The zero-order valence-electron chi connectivity index (χ0n) is 19.8. The van der Waals surface area contributed by atoms with Gasteiger partial charge in [0.1, 0.15) is 0 Å². The second kappa shape index (κ2) is 17.6.